The summed E-state index contributed by atoms with van der Waals surface area (Å²) in [5.74, 6) is -0.336. The first-order valence-corrected chi connectivity index (χ1v) is 9.72. The van der Waals surface area contributed by atoms with Crippen LogP contribution in [0.25, 0.3) is 10.2 Å². The van der Waals surface area contributed by atoms with Crippen molar-refractivity contribution in [2.45, 2.75) is 33.6 Å². The van der Waals surface area contributed by atoms with E-state index in [4.69, 9.17) is 12.2 Å². The molecule has 0 aromatic carbocycles. The normalized spacial score (nSPS) is 11.1. The van der Waals surface area contributed by atoms with E-state index in [9.17, 15) is 9.59 Å². The highest BCUT2D eigenvalue weighted by atomic mass is 32.1. The Hall–Kier alpha value is -1.77. The van der Waals surface area contributed by atoms with E-state index in [1.54, 1.807) is 5.38 Å². The molecule has 3 aromatic rings. The maximum atomic E-state index is 12.8. The molecule has 0 radical (unpaired) electrons. The number of amides is 1. The van der Waals surface area contributed by atoms with Gasteiger partial charge in [0.1, 0.15) is 4.83 Å². The predicted molar refractivity (Wildman–Crippen MR) is 103 cm³/mol. The van der Waals surface area contributed by atoms with Crippen LogP contribution in [0.5, 0.6) is 0 Å². The number of carbonyl (C=O) groups is 1. The molecule has 3 rings (SSSR count). The molecule has 0 bridgehead atoms. The van der Waals surface area contributed by atoms with Crippen LogP contribution in [0.15, 0.2) is 16.2 Å². The van der Waals surface area contributed by atoms with Gasteiger partial charge >= 0.3 is 0 Å². The molecule has 3 aromatic heterocycles. The van der Waals surface area contributed by atoms with Crippen LogP contribution in [0.3, 0.4) is 0 Å². The standard InChI is InChI=1S/C16H17N3O2S3/c1-4-10-6-9(7-23-10)13(20)18-19-15(21)12-11(5-2)8(3)24-14(12)17-16(19)22/h6-7H,4-5H2,1-3H3,(H,17,22)(H,18,20). The number of aromatic nitrogens is 2. The van der Waals surface area contributed by atoms with Gasteiger partial charge in [-0.15, -0.1) is 22.7 Å². The molecule has 0 atom stereocenters. The van der Waals surface area contributed by atoms with Gasteiger partial charge in [-0.1, -0.05) is 13.8 Å². The number of aromatic amines is 1. The Balaban J connectivity index is 2.07. The molecule has 126 valence electrons. The largest absolute Gasteiger partial charge is 0.322 e. The lowest BCUT2D eigenvalue weighted by Crippen LogP contribution is -2.34. The molecule has 0 aliphatic heterocycles. The molecule has 2 N–H and O–H groups in total. The zero-order chi connectivity index (χ0) is 17.4. The van der Waals surface area contributed by atoms with Gasteiger partial charge in [-0.05, 0) is 43.6 Å². The lowest BCUT2D eigenvalue weighted by Gasteiger charge is -2.08. The number of nitrogens with one attached hydrogen (secondary N) is 2. The molecule has 0 fully saturated rings. The summed E-state index contributed by atoms with van der Waals surface area (Å²) in [6, 6.07) is 1.84. The summed E-state index contributed by atoms with van der Waals surface area (Å²) in [5.41, 5.74) is 3.88. The van der Waals surface area contributed by atoms with Gasteiger partial charge < -0.3 is 4.98 Å². The number of nitrogens with zero attached hydrogens (tertiary/aromatic N) is 1. The Bertz CT molecular complexity index is 1040. The van der Waals surface area contributed by atoms with Gasteiger partial charge in [0, 0.05) is 15.1 Å². The molecule has 5 nitrogen and oxygen atoms in total. The molecule has 0 saturated heterocycles. The molecule has 0 aliphatic carbocycles. The van der Waals surface area contributed by atoms with Gasteiger partial charge in [-0.3, -0.25) is 15.0 Å². The van der Waals surface area contributed by atoms with Crippen LogP contribution in [0.4, 0.5) is 0 Å². The molecule has 0 aliphatic rings. The second kappa shape index (κ2) is 6.62. The molecule has 24 heavy (non-hydrogen) atoms. The highest BCUT2D eigenvalue weighted by Crippen LogP contribution is 2.27. The first-order chi connectivity index (χ1) is 11.5. The van der Waals surface area contributed by atoms with E-state index in [1.807, 2.05) is 26.8 Å². The van der Waals surface area contributed by atoms with Crippen LogP contribution in [-0.4, -0.2) is 15.6 Å². The van der Waals surface area contributed by atoms with Gasteiger partial charge in [0.15, 0.2) is 0 Å². The minimum Gasteiger partial charge on any atom is -0.322 e. The number of hydrogen-bond acceptors (Lipinski definition) is 5. The molecule has 0 saturated carbocycles. The minimum absolute atomic E-state index is 0.190. The van der Waals surface area contributed by atoms with E-state index in [0.717, 1.165) is 37.7 Å². The SMILES string of the molecule is CCc1cc(C(=O)Nn2c(=S)[nH]c3sc(C)c(CC)c3c2=O)cs1. The topological polar surface area (TPSA) is 66.9 Å². The number of fused-ring (bicyclic) bond motifs is 1. The van der Waals surface area contributed by atoms with Crippen LogP contribution >= 0.6 is 34.9 Å². The number of rotatable bonds is 4. The van der Waals surface area contributed by atoms with Crippen molar-refractivity contribution in [1.82, 2.24) is 9.66 Å². The Morgan fingerprint density at radius 3 is 2.75 bits per heavy atom. The quantitative estimate of drug-likeness (QED) is 0.673. The van der Waals surface area contributed by atoms with Gasteiger partial charge in [-0.2, -0.15) is 4.68 Å². The summed E-state index contributed by atoms with van der Waals surface area (Å²) in [7, 11) is 0. The molecule has 0 spiro atoms. The monoisotopic (exact) mass is 379 g/mol. The minimum atomic E-state index is -0.336. The van der Waals surface area contributed by atoms with Crippen molar-refractivity contribution in [2.75, 3.05) is 5.43 Å². The fourth-order valence-electron chi connectivity index (χ4n) is 2.63. The van der Waals surface area contributed by atoms with Crippen molar-refractivity contribution in [2.24, 2.45) is 0 Å². The van der Waals surface area contributed by atoms with Crippen molar-refractivity contribution >= 4 is 51.0 Å². The maximum absolute atomic E-state index is 12.8. The average Bonchev–Trinajstić information content (AvgIpc) is 3.15. The van der Waals surface area contributed by atoms with E-state index in [2.05, 4.69) is 10.4 Å². The number of H-pyrrole nitrogens is 1. The Morgan fingerprint density at radius 2 is 2.12 bits per heavy atom. The summed E-state index contributed by atoms with van der Waals surface area (Å²) in [4.78, 5) is 31.3. The van der Waals surface area contributed by atoms with Crippen molar-refractivity contribution in [3.05, 3.63) is 47.5 Å². The first-order valence-electron chi connectivity index (χ1n) is 7.62. The van der Waals surface area contributed by atoms with Gasteiger partial charge in [-0.25, -0.2) is 0 Å². The third-order valence-corrected chi connectivity index (χ3v) is 6.31. The lowest BCUT2D eigenvalue weighted by molar-refractivity contribution is 0.101. The molecule has 8 heteroatoms. The molecular weight excluding hydrogens is 362 g/mol. The first kappa shape index (κ1) is 17.1. The summed E-state index contributed by atoms with van der Waals surface area (Å²) in [6.45, 7) is 6.03. The summed E-state index contributed by atoms with van der Waals surface area (Å²) in [6.07, 6.45) is 1.63. The van der Waals surface area contributed by atoms with Gasteiger partial charge in [0.05, 0.1) is 10.9 Å². The van der Waals surface area contributed by atoms with Crippen molar-refractivity contribution in [3.63, 3.8) is 0 Å². The van der Waals surface area contributed by atoms with Crippen molar-refractivity contribution in [3.8, 4) is 0 Å². The molecule has 3 heterocycles. The summed E-state index contributed by atoms with van der Waals surface area (Å²) < 4.78 is 1.32. The summed E-state index contributed by atoms with van der Waals surface area (Å²) >= 11 is 8.30. The second-order valence-electron chi connectivity index (χ2n) is 5.36. The number of thiophene rings is 2. The second-order valence-corrected chi connectivity index (χ2v) is 7.97. The van der Waals surface area contributed by atoms with E-state index >= 15 is 0 Å². The molecule has 1 amide bonds. The van der Waals surface area contributed by atoms with Gasteiger partial charge in [0.2, 0.25) is 4.77 Å². The molecule has 0 unspecified atom stereocenters. The Kier molecular flexibility index (Phi) is 4.71. The predicted octanol–water partition coefficient (Wildman–Crippen LogP) is 4.00. The van der Waals surface area contributed by atoms with Crippen LogP contribution in [-0.2, 0) is 12.8 Å². The Morgan fingerprint density at radius 1 is 1.38 bits per heavy atom. The lowest BCUT2D eigenvalue weighted by atomic mass is 10.1. The fraction of sp³-hybridized carbons (Fsp3) is 0.312. The third-order valence-electron chi connectivity index (χ3n) is 3.88. The third kappa shape index (κ3) is 2.85. The zero-order valence-corrected chi connectivity index (χ0v) is 16.0. The average molecular weight is 380 g/mol. The van der Waals surface area contributed by atoms with Crippen molar-refractivity contribution < 1.29 is 4.79 Å². The number of carbonyl (C=O) groups excluding carboxylic acids is 1. The van der Waals surface area contributed by atoms with Crippen LogP contribution in [0, 0.1) is 11.7 Å². The van der Waals surface area contributed by atoms with E-state index in [-0.39, 0.29) is 16.2 Å². The van der Waals surface area contributed by atoms with Crippen LogP contribution < -0.4 is 11.0 Å². The highest BCUT2D eigenvalue weighted by Gasteiger charge is 2.16. The summed E-state index contributed by atoms with van der Waals surface area (Å²) in [5, 5.41) is 2.39. The fourth-order valence-corrected chi connectivity index (χ4v) is 4.87. The van der Waals surface area contributed by atoms with Gasteiger partial charge in [0.25, 0.3) is 11.5 Å². The number of aryl methyl sites for hydroxylation is 3. The molecular formula is C16H17N3O2S3. The zero-order valence-electron chi connectivity index (χ0n) is 13.6. The van der Waals surface area contributed by atoms with E-state index in [1.165, 1.54) is 22.7 Å². The highest BCUT2D eigenvalue weighted by molar-refractivity contribution is 7.71. The van der Waals surface area contributed by atoms with Crippen LogP contribution in [0.2, 0.25) is 0 Å². The van der Waals surface area contributed by atoms with Crippen LogP contribution in [0.1, 0.15) is 39.5 Å². The maximum Gasteiger partial charge on any atom is 0.282 e. The van der Waals surface area contributed by atoms with Crippen molar-refractivity contribution in [1.29, 1.82) is 0 Å². The smallest absolute Gasteiger partial charge is 0.282 e. The number of hydrogen-bond donors (Lipinski definition) is 2. The van der Waals surface area contributed by atoms with E-state index < -0.39 is 0 Å². The Labute approximate surface area is 151 Å². The van der Waals surface area contributed by atoms with E-state index in [0.29, 0.717) is 10.9 Å².